The molecule has 2 amide bonds. The van der Waals surface area contributed by atoms with Crippen LogP contribution in [-0.4, -0.2) is 40.2 Å². The Balaban J connectivity index is 1.74. The number of nitro groups is 1. The van der Waals surface area contributed by atoms with Crippen LogP contribution in [0, 0.1) is 10.1 Å². The van der Waals surface area contributed by atoms with Gasteiger partial charge in [-0.3, -0.25) is 24.6 Å². The first-order chi connectivity index (χ1) is 15.7. The van der Waals surface area contributed by atoms with Crippen molar-refractivity contribution in [1.82, 2.24) is 4.90 Å². The molecule has 0 N–H and O–H groups in total. The number of carbonyl (C=O) groups is 3. The van der Waals surface area contributed by atoms with Crippen LogP contribution < -0.4 is 4.74 Å². The van der Waals surface area contributed by atoms with Crippen molar-refractivity contribution < 1.29 is 28.8 Å². The van der Waals surface area contributed by atoms with Crippen molar-refractivity contribution in [2.75, 3.05) is 13.2 Å². The molecule has 0 aliphatic carbocycles. The Morgan fingerprint density at radius 3 is 2.39 bits per heavy atom. The summed E-state index contributed by atoms with van der Waals surface area (Å²) in [7, 11) is 0. The molecule has 12 heteroatoms. The van der Waals surface area contributed by atoms with Crippen LogP contribution in [-0.2, 0) is 20.9 Å². The van der Waals surface area contributed by atoms with Crippen molar-refractivity contribution in [2.24, 2.45) is 0 Å². The Kier molecular flexibility index (Phi) is 7.96. The molecule has 1 aliphatic rings. The number of benzene rings is 2. The summed E-state index contributed by atoms with van der Waals surface area (Å²) >= 11 is 13.2. The fraction of sp³-hybridized carbons (Fsp3) is 0.190. The first-order valence-electron chi connectivity index (χ1n) is 9.45. The number of thioether (sulfide) groups is 1. The van der Waals surface area contributed by atoms with Gasteiger partial charge in [0.1, 0.15) is 0 Å². The van der Waals surface area contributed by atoms with E-state index in [1.807, 2.05) is 0 Å². The second kappa shape index (κ2) is 10.7. The lowest BCUT2D eigenvalue weighted by atomic mass is 10.2. The van der Waals surface area contributed by atoms with Crippen LogP contribution in [0.5, 0.6) is 5.75 Å². The Labute approximate surface area is 202 Å². The molecule has 2 aromatic rings. The van der Waals surface area contributed by atoms with Crippen LogP contribution in [0.4, 0.5) is 10.5 Å². The van der Waals surface area contributed by atoms with Gasteiger partial charge in [0.15, 0.2) is 12.4 Å². The number of rotatable bonds is 8. The van der Waals surface area contributed by atoms with Crippen LogP contribution in [0.2, 0.25) is 10.0 Å². The van der Waals surface area contributed by atoms with Crippen molar-refractivity contribution in [2.45, 2.75) is 13.5 Å². The normalized spacial score (nSPS) is 14.6. The Morgan fingerprint density at radius 1 is 1.18 bits per heavy atom. The Morgan fingerprint density at radius 2 is 1.82 bits per heavy atom. The number of non-ortho nitro benzene ring substituents is 1. The molecule has 0 radical (unpaired) electrons. The predicted octanol–water partition coefficient (Wildman–Crippen LogP) is 5.08. The number of nitro benzene ring substituents is 1. The van der Waals surface area contributed by atoms with Gasteiger partial charge in [-0.15, -0.1) is 0 Å². The van der Waals surface area contributed by atoms with Gasteiger partial charge in [-0.1, -0.05) is 35.3 Å². The zero-order chi connectivity index (χ0) is 24.1. The molecule has 2 aromatic carbocycles. The molecule has 0 unspecified atom stereocenters. The summed E-state index contributed by atoms with van der Waals surface area (Å²) in [5, 5.41) is 10.5. The molecule has 1 aliphatic heterocycles. The lowest BCUT2D eigenvalue weighted by Gasteiger charge is -2.12. The second-order valence-corrected chi connectivity index (χ2v) is 8.41. The van der Waals surface area contributed by atoms with Crippen LogP contribution >= 0.6 is 35.0 Å². The molecule has 0 spiro atoms. The first-order valence-corrected chi connectivity index (χ1v) is 11.0. The maximum absolute atomic E-state index is 12.7. The lowest BCUT2D eigenvalue weighted by Crippen LogP contribution is -2.27. The molecule has 9 nitrogen and oxygen atoms in total. The van der Waals surface area contributed by atoms with Gasteiger partial charge in [0, 0.05) is 12.1 Å². The zero-order valence-electron chi connectivity index (χ0n) is 17.1. The van der Waals surface area contributed by atoms with Gasteiger partial charge in [0.25, 0.3) is 16.8 Å². The number of hydrogen-bond donors (Lipinski definition) is 0. The summed E-state index contributed by atoms with van der Waals surface area (Å²) in [6.45, 7) is 1.48. The van der Waals surface area contributed by atoms with Crippen LogP contribution in [0.1, 0.15) is 18.1 Å². The number of esters is 1. The van der Waals surface area contributed by atoms with Gasteiger partial charge >= 0.3 is 5.97 Å². The molecule has 1 heterocycles. The predicted molar refractivity (Wildman–Crippen MR) is 123 cm³/mol. The van der Waals surface area contributed by atoms with E-state index in [2.05, 4.69) is 0 Å². The third-order valence-electron chi connectivity index (χ3n) is 4.32. The second-order valence-electron chi connectivity index (χ2n) is 6.60. The van der Waals surface area contributed by atoms with E-state index in [1.165, 1.54) is 42.5 Å². The summed E-state index contributed by atoms with van der Waals surface area (Å²) in [6.07, 6.45) is 1.47. The average molecular weight is 511 g/mol. The maximum atomic E-state index is 12.7. The lowest BCUT2D eigenvalue weighted by molar-refractivity contribution is -0.384. The minimum atomic E-state index is -0.574. The minimum Gasteiger partial charge on any atom is -0.479 e. The quantitative estimate of drug-likeness (QED) is 0.209. The van der Waals surface area contributed by atoms with Gasteiger partial charge in [-0.25, -0.2) is 4.79 Å². The third kappa shape index (κ3) is 6.04. The molecule has 0 bridgehead atoms. The van der Waals surface area contributed by atoms with Crippen molar-refractivity contribution in [3.05, 3.63) is 72.6 Å². The number of nitrogens with zero attached hydrogens (tertiary/aromatic N) is 2. The number of ether oxygens (including phenoxy) is 2. The number of halogens is 2. The number of carbonyl (C=O) groups excluding carboxylic acids is 3. The third-order valence-corrected chi connectivity index (χ3v) is 5.79. The van der Waals surface area contributed by atoms with Crippen LogP contribution in [0.15, 0.2) is 41.3 Å². The fourth-order valence-corrected chi connectivity index (χ4v) is 4.28. The molecule has 3 rings (SSSR count). The summed E-state index contributed by atoms with van der Waals surface area (Å²) in [5.41, 5.74) is 0.934. The minimum absolute atomic E-state index is 0.0256. The maximum Gasteiger partial charge on any atom is 0.344 e. The first kappa shape index (κ1) is 24.6. The number of amides is 2. The largest absolute Gasteiger partial charge is 0.479 e. The SMILES string of the molecule is CCOC(=O)COc1c(Cl)cc(/C=C2/SC(=O)N(Cc3ccc([N+](=O)[O-])cc3)C2=O)cc1Cl. The summed E-state index contributed by atoms with van der Waals surface area (Å²) in [6, 6.07) is 8.55. The van der Waals surface area contributed by atoms with E-state index in [1.54, 1.807) is 6.92 Å². The zero-order valence-corrected chi connectivity index (χ0v) is 19.4. The van der Waals surface area contributed by atoms with Gasteiger partial charge < -0.3 is 9.47 Å². The standard InChI is InChI=1S/C21H16Cl2N2O7S/c1-2-31-18(26)11-32-19-15(22)7-13(8-16(19)23)9-17-20(27)24(21(28)33-17)10-12-3-5-14(6-4-12)25(29)30/h3-9H,2,10-11H2,1H3/b17-9+. The molecule has 0 saturated carbocycles. The van der Waals surface area contributed by atoms with Gasteiger partial charge in [-0.2, -0.15) is 0 Å². The highest BCUT2D eigenvalue weighted by Crippen LogP contribution is 2.38. The van der Waals surface area contributed by atoms with Crippen molar-refractivity contribution >= 4 is 63.8 Å². The number of imide groups is 1. The summed E-state index contributed by atoms with van der Waals surface area (Å²) in [5.74, 6) is -0.997. The number of hydrogen-bond acceptors (Lipinski definition) is 8. The van der Waals surface area contributed by atoms with Crippen molar-refractivity contribution in [3.8, 4) is 5.75 Å². The van der Waals surface area contributed by atoms with E-state index < -0.39 is 22.0 Å². The monoisotopic (exact) mass is 510 g/mol. The highest BCUT2D eigenvalue weighted by molar-refractivity contribution is 8.18. The highest BCUT2D eigenvalue weighted by Gasteiger charge is 2.35. The molecule has 0 aromatic heterocycles. The van der Waals surface area contributed by atoms with Crippen LogP contribution in [0.3, 0.4) is 0 Å². The van der Waals surface area contributed by atoms with Crippen molar-refractivity contribution in [3.63, 3.8) is 0 Å². The molecule has 1 saturated heterocycles. The van der Waals surface area contributed by atoms with Gasteiger partial charge in [-0.05, 0) is 48.0 Å². The summed E-state index contributed by atoms with van der Waals surface area (Å²) < 4.78 is 10.1. The average Bonchev–Trinajstić information content (AvgIpc) is 3.01. The molecule has 33 heavy (non-hydrogen) atoms. The van der Waals surface area contributed by atoms with Gasteiger partial charge in [0.2, 0.25) is 0 Å². The van der Waals surface area contributed by atoms with E-state index >= 15 is 0 Å². The van der Waals surface area contributed by atoms with Crippen LogP contribution in [0.25, 0.3) is 6.08 Å². The molecule has 0 atom stereocenters. The van der Waals surface area contributed by atoms with E-state index in [4.69, 9.17) is 32.7 Å². The van der Waals surface area contributed by atoms with E-state index in [0.717, 1.165) is 16.7 Å². The van der Waals surface area contributed by atoms with E-state index in [0.29, 0.717) is 11.1 Å². The van der Waals surface area contributed by atoms with E-state index in [-0.39, 0.29) is 46.1 Å². The Bertz CT molecular complexity index is 1130. The molecular weight excluding hydrogens is 495 g/mol. The summed E-state index contributed by atoms with van der Waals surface area (Å²) in [4.78, 5) is 48.0. The topological polar surface area (TPSA) is 116 Å². The molecular formula is C21H16Cl2N2O7S. The van der Waals surface area contributed by atoms with Gasteiger partial charge in [0.05, 0.1) is 33.0 Å². The van der Waals surface area contributed by atoms with E-state index in [9.17, 15) is 24.5 Å². The molecule has 172 valence electrons. The smallest absolute Gasteiger partial charge is 0.344 e. The Hall–Kier alpha value is -3.08. The molecule has 1 fully saturated rings. The van der Waals surface area contributed by atoms with Crippen molar-refractivity contribution in [1.29, 1.82) is 0 Å². The fourth-order valence-electron chi connectivity index (χ4n) is 2.83. The highest BCUT2D eigenvalue weighted by atomic mass is 35.5.